The monoisotopic (exact) mass is 228 g/mol. The number of carbonyl (C=O) groups excluding carboxylic acids is 1. The van der Waals surface area contributed by atoms with Crippen molar-refractivity contribution in [2.75, 3.05) is 0 Å². The number of nitrogens with zero attached hydrogens (tertiary/aromatic N) is 2. The van der Waals surface area contributed by atoms with Crippen molar-refractivity contribution in [1.29, 1.82) is 0 Å². The first-order valence-electron chi connectivity index (χ1n) is 4.75. The van der Waals surface area contributed by atoms with E-state index in [0.29, 0.717) is 4.77 Å². The third-order valence-electron chi connectivity index (χ3n) is 1.87. The van der Waals surface area contributed by atoms with Gasteiger partial charge in [-0.1, -0.05) is 0 Å². The van der Waals surface area contributed by atoms with E-state index in [-0.39, 0.29) is 17.5 Å². The van der Waals surface area contributed by atoms with Gasteiger partial charge in [-0.05, 0) is 39.9 Å². The van der Waals surface area contributed by atoms with Gasteiger partial charge in [0.05, 0.1) is 0 Å². The molecule has 1 aromatic heterocycles. The summed E-state index contributed by atoms with van der Waals surface area (Å²) in [5, 5.41) is 9.28. The number of H-pyrrole nitrogens is 1. The van der Waals surface area contributed by atoms with Crippen LogP contribution in [0.2, 0.25) is 0 Å². The summed E-state index contributed by atoms with van der Waals surface area (Å²) in [5.41, 5.74) is -0.239. The number of carbonyl (C=O) groups is 1. The van der Waals surface area contributed by atoms with Gasteiger partial charge in [-0.25, -0.2) is 0 Å². The van der Waals surface area contributed by atoms with Crippen LogP contribution in [0.4, 0.5) is 0 Å². The maximum absolute atomic E-state index is 11.8. The fraction of sp³-hybridized carbons (Fsp3) is 0.667. The lowest BCUT2D eigenvalue weighted by atomic mass is 10.1. The molecule has 0 bridgehead atoms. The summed E-state index contributed by atoms with van der Waals surface area (Å²) in [6, 6.07) is -0.351. The Balaban J connectivity index is 2.78. The number of aromatic amines is 1. The molecule has 0 spiro atoms. The third kappa shape index (κ3) is 3.16. The zero-order valence-electron chi connectivity index (χ0n) is 9.37. The summed E-state index contributed by atoms with van der Waals surface area (Å²) in [6.45, 7) is 7.59. The van der Waals surface area contributed by atoms with Crippen LogP contribution in [-0.4, -0.2) is 26.2 Å². The van der Waals surface area contributed by atoms with E-state index in [1.54, 1.807) is 11.5 Å². The smallest absolute Gasteiger partial charge is 0.243 e. The molecular formula is C9H16N4OS. The molecule has 0 fully saturated rings. The average molecular weight is 228 g/mol. The molecule has 1 amide bonds. The SMILES string of the molecule is CC(C(=O)NC(C)(C)C)n1cn[nH]c1=S. The van der Waals surface area contributed by atoms with Crippen molar-refractivity contribution in [3.63, 3.8) is 0 Å². The normalized spacial score (nSPS) is 13.6. The van der Waals surface area contributed by atoms with Crippen molar-refractivity contribution in [1.82, 2.24) is 20.1 Å². The Morgan fingerprint density at radius 1 is 1.67 bits per heavy atom. The lowest BCUT2D eigenvalue weighted by molar-refractivity contribution is -0.125. The van der Waals surface area contributed by atoms with Crippen LogP contribution in [0.15, 0.2) is 6.33 Å². The quantitative estimate of drug-likeness (QED) is 0.752. The second kappa shape index (κ2) is 4.14. The number of aromatic nitrogens is 3. The lowest BCUT2D eigenvalue weighted by Gasteiger charge is -2.23. The number of rotatable bonds is 2. The van der Waals surface area contributed by atoms with Crippen LogP contribution in [0.3, 0.4) is 0 Å². The first-order chi connectivity index (χ1) is 6.81. The Kier molecular flexibility index (Phi) is 3.28. The van der Waals surface area contributed by atoms with Crippen LogP contribution >= 0.6 is 12.2 Å². The number of hydrogen-bond acceptors (Lipinski definition) is 3. The maximum Gasteiger partial charge on any atom is 0.243 e. The van der Waals surface area contributed by atoms with Crippen LogP contribution in [-0.2, 0) is 4.79 Å². The van der Waals surface area contributed by atoms with E-state index in [9.17, 15) is 4.79 Å². The topological polar surface area (TPSA) is 62.7 Å². The van der Waals surface area contributed by atoms with E-state index < -0.39 is 0 Å². The molecule has 0 aromatic carbocycles. The minimum atomic E-state index is -0.351. The minimum Gasteiger partial charge on any atom is -0.350 e. The van der Waals surface area contributed by atoms with Gasteiger partial charge in [0.15, 0.2) is 4.77 Å². The van der Waals surface area contributed by atoms with Crippen LogP contribution in [0.25, 0.3) is 0 Å². The second-order valence-corrected chi connectivity index (χ2v) is 4.87. The van der Waals surface area contributed by atoms with E-state index in [2.05, 4.69) is 15.5 Å². The van der Waals surface area contributed by atoms with E-state index in [1.165, 1.54) is 6.33 Å². The van der Waals surface area contributed by atoms with Crippen molar-refractivity contribution in [3.05, 3.63) is 11.1 Å². The second-order valence-electron chi connectivity index (χ2n) is 4.48. The van der Waals surface area contributed by atoms with E-state index in [4.69, 9.17) is 12.2 Å². The molecule has 0 aliphatic rings. The fourth-order valence-electron chi connectivity index (χ4n) is 1.13. The molecule has 0 aliphatic carbocycles. The van der Waals surface area contributed by atoms with E-state index in [1.807, 2.05) is 20.8 Å². The molecule has 0 radical (unpaired) electrons. The Labute approximate surface area is 93.9 Å². The molecule has 2 N–H and O–H groups in total. The van der Waals surface area contributed by atoms with E-state index in [0.717, 1.165) is 0 Å². The van der Waals surface area contributed by atoms with Gasteiger partial charge in [0.1, 0.15) is 12.4 Å². The van der Waals surface area contributed by atoms with Gasteiger partial charge >= 0.3 is 0 Å². The number of nitrogens with one attached hydrogen (secondary N) is 2. The predicted molar refractivity (Wildman–Crippen MR) is 60.0 cm³/mol. The molecular weight excluding hydrogens is 212 g/mol. The highest BCUT2D eigenvalue weighted by molar-refractivity contribution is 7.71. The Hall–Kier alpha value is -1.17. The molecule has 15 heavy (non-hydrogen) atoms. The first-order valence-corrected chi connectivity index (χ1v) is 5.15. The van der Waals surface area contributed by atoms with Crippen molar-refractivity contribution >= 4 is 18.1 Å². The molecule has 1 atom stereocenters. The molecule has 1 heterocycles. The number of hydrogen-bond donors (Lipinski definition) is 2. The molecule has 0 saturated heterocycles. The first kappa shape index (κ1) is 11.9. The van der Waals surface area contributed by atoms with Gasteiger partial charge < -0.3 is 5.32 Å². The van der Waals surface area contributed by atoms with Gasteiger partial charge in [-0.15, -0.1) is 0 Å². The van der Waals surface area contributed by atoms with Crippen molar-refractivity contribution in [3.8, 4) is 0 Å². The molecule has 1 rings (SSSR count). The molecule has 0 saturated carbocycles. The van der Waals surface area contributed by atoms with E-state index >= 15 is 0 Å². The van der Waals surface area contributed by atoms with Gasteiger partial charge in [-0.2, -0.15) is 5.10 Å². The maximum atomic E-state index is 11.8. The standard InChI is InChI=1S/C9H16N4OS/c1-6(7(14)11-9(2,3)4)13-5-10-12-8(13)15/h5-6H,1-4H3,(H,11,14)(H,12,15). The largest absolute Gasteiger partial charge is 0.350 e. The summed E-state index contributed by atoms with van der Waals surface area (Å²) in [5.74, 6) is -0.0694. The van der Waals surface area contributed by atoms with Gasteiger partial charge in [0, 0.05) is 5.54 Å². The summed E-state index contributed by atoms with van der Waals surface area (Å²) in [6.07, 6.45) is 1.52. The molecule has 1 aromatic rings. The highest BCUT2D eigenvalue weighted by Gasteiger charge is 2.20. The zero-order chi connectivity index (χ0) is 11.6. The highest BCUT2D eigenvalue weighted by Crippen LogP contribution is 2.08. The van der Waals surface area contributed by atoms with Gasteiger partial charge in [0.2, 0.25) is 5.91 Å². The summed E-state index contributed by atoms with van der Waals surface area (Å²) in [4.78, 5) is 11.8. The summed E-state index contributed by atoms with van der Waals surface area (Å²) < 4.78 is 2.07. The Bertz CT molecular complexity index is 401. The Morgan fingerprint density at radius 2 is 2.27 bits per heavy atom. The molecule has 5 nitrogen and oxygen atoms in total. The van der Waals surface area contributed by atoms with Crippen LogP contribution in [0, 0.1) is 4.77 Å². The van der Waals surface area contributed by atoms with Crippen molar-refractivity contribution in [2.24, 2.45) is 0 Å². The molecule has 0 aliphatic heterocycles. The molecule has 6 heteroatoms. The third-order valence-corrected chi connectivity index (χ3v) is 2.17. The number of amides is 1. The molecule has 84 valence electrons. The summed E-state index contributed by atoms with van der Waals surface area (Å²) >= 11 is 4.99. The van der Waals surface area contributed by atoms with Crippen molar-refractivity contribution in [2.45, 2.75) is 39.3 Å². The molecule has 1 unspecified atom stereocenters. The van der Waals surface area contributed by atoms with Crippen LogP contribution < -0.4 is 5.32 Å². The predicted octanol–water partition coefficient (Wildman–Crippen LogP) is 1.42. The Morgan fingerprint density at radius 3 is 2.67 bits per heavy atom. The zero-order valence-corrected chi connectivity index (χ0v) is 10.2. The van der Waals surface area contributed by atoms with Crippen molar-refractivity contribution < 1.29 is 4.79 Å². The lowest BCUT2D eigenvalue weighted by Crippen LogP contribution is -2.43. The average Bonchev–Trinajstić information content (AvgIpc) is 2.47. The minimum absolute atomic E-state index is 0.0694. The van der Waals surface area contributed by atoms with Crippen LogP contribution in [0.1, 0.15) is 33.7 Å². The van der Waals surface area contributed by atoms with Gasteiger partial charge in [0.25, 0.3) is 0 Å². The van der Waals surface area contributed by atoms with Crippen LogP contribution in [0.5, 0.6) is 0 Å². The highest BCUT2D eigenvalue weighted by atomic mass is 32.1. The summed E-state index contributed by atoms with van der Waals surface area (Å²) in [7, 11) is 0. The van der Waals surface area contributed by atoms with Gasteiger partial charge in [-0.3, -0.25) is 14.5 Å². The fourth-order valence-corrected chi connectivity index (χ4v) is 1.39.